The minimum atomic E-state index is -0.516. The van der Waals surface area contributed by atoms with E-state index in [1.165, 1.54) is 12.1 Å². The lowest BCUT2D eigenvalue weighted by molar-refractivity contribution is -0.173. The summed E-state index contributed by atoms with van der Waals surface area (Å²) in [4.78, 5) is 31.7. The van der Waals surface area contributed by atoms with Crippen molar-refractivity contribution in [2.24, 2.45) is 0 Å². The molecule has 3 heterocycles. The molecule has 0 aromatic heterocycles. The molecule has 1 unspecified atom stereocenters. The molecule has 3 aliphatic rings. The third kappa shape index (κ3) is 3.84. The van der Waals surface area contributed by atoms with Crippen molar-refractivity contribution in [2.75, 3.05) is 52.5 Å². The smallest absolute Gasteiger partial charge is 0.260 e. The van der Waals surface area contributed by atoms with E-state index in [2.05, 4.69) is 4.90 Å². The highest BCUT2D eigenvalue weighted by molar-refractivity contribution is 5.94. The number of carbonyl (C=O) groups excluding carboxylic acids is 2. The molecule has 7 nitrogen and oxygen atoms in total. The summed E-state index contributed by atoms with van der Waals surface area (Å²) in [6.45, 7) is 3.86. The maximum Gasteiger partial charge on any atom is 0.260 e. The van der Waals surface area contributed by atoms with Gasteiger partial charge in [-0.05, 0) is 24.3 Å². The van der Waals surface area contributed by atoms with Crippen LogP contribution in [0.4, 0.5) is 4.39 Å². The summed E-state index contributed by atoms with van der Waals surface area (Å²) in [5.74, 6) is -0.257. The van der Waals surface area contributed by atoms with Crippen LogP contribution in [-0.4, -0.2) is 90.6 Å². The van der Waals surface area contributed by atoms with Gasteiger partial charge in [-0.3, -0.25) is 14.5 Å². The number of likely N-dealkylation sites (tertiary alicyclic amines) is 1. The zero-order valence-corrected chi connectivity index (χ0v) is 17.8. The topological polar surface area (TPSA) is 62.3 Å². The number of fused-ring (bicyclic) bond motifs is 2. The second-order valence-electron chi connectivity index (χ2n) is 8.66. The fraction of sp³-hybridized carbons (Fsp3) is 0.417. The molecule has 0 N–H and O–H groups in total. The number of ether oxygens (including phenoxy) is 2. The van der Waals surface area contributed by atoms with Gasteiger partial charge in [0.2, 0.25) is 0 Å². The van der Waals surface area contributed by atoms with Crippen LogP contribution in [0.3, 0.4) is 0 Å². The number of hydrogen-bond donors (Lipinski definition) is 0. The number of morpholine rings is 1. The van der Waals surface area contributed by atoms with Crippen LogP contribution in [0.15, 0.2) is 54.6 Å². The number of nitrogens with zero attached hydrogens (tertiary/aromatic N) is 3. The standard InChI is InChI=1S/C24H26FN3O4/c25-21-9-5-4-8-20(21)23(30)26-12-18-13-31-11-10-28(18)24(15-26)16-27(17-24)22(29)14-32-19-6-2-1-3-7-19/h1-9,18H,10-17H2. The molecular weight excluding hydrogens is 413 g/mol. The number of rotatable bonds is 4. The minimum absolute atomic E-state index is 0.0233. The first-order chi connectivity index (χ1) is 15.6. The van der Waals surface area contributed by atoms with Crippen molar-refractivity contribution in [3.63, 3.8) is 0 Å². The largest absolute Gasteiger partial charge is 0.484 e. The van der Waals surface area contributed by atoms with E-state index in [4.69, 9.17) is 9.47 Å². The average Bonchev–Trinajstić information content (AvgIpc) is 2.81. The van der Waals surface area contributed by atoms with E-state index in [9.17, 15) is 14.0 Å². The Balaban J connectivity index is 1.28. The van der Waals surface area contributed by atoms with Gasteiger partial charge in [-0.25, -0.2) is 4.39 Å². The molecular formula is C24H26FN3O4. The lowest BCUT2D eigenvalue weighted by atomic mass is 9.82. The lowest BCUT2D eigenvalue weighted by Gasteiger charge is -2.63. The van der Waals surface area contributed by atoms with Gasteiger partial charge < -0.3 is 19.3 Å². The Morgan fingerprint density at radius 2 is 1.75 bits per heavy atom. The van der Waals surface area contributed by atoms with Crippen LogP contribution >= 0.6 is 0 Å². The fourth-order valence-corrected chi connectivity index (χ4v) is 5.03. The van der Waals surface area contributed by atoms with Crippen molar-refractivity contribution in [1.82, 2.24) is 14.7 Å². The maximum absolute atomic E-state index is 14.3. The SMILES string of the molecule is O=C(COc1ccccc1)N1CC2(C1)CN(C(=O)c1ccccc1F)CC1COCCN12. The molecule has 2 amide bonds. The second kappa shape index (κ2) is 8.52. The highest BCUT2D eigenvalue weighted by Crippen LogP contribution is 2.36. The van der Waals surface area contributed by atoms with Gasteiger partial charge in [-0.1, -0.05) is 30.3 Å². The van der Waals surface area contributed by atoms with Gasteiger partial charge in [0, 0.05) is 32.7 Å². The highest BCUT2D eigenvalue weighted by atomic mass is 19.1. The van der Waals surface area contributed by atoms with Crippen molar-refractivity contribution in [2.45, 2.75) is 11.6 Å². The molecule has 3 saturated heterocycles. The van der Waals surface area contributed by atoms with E-state index in [-0.39, 0.29) is 35.6 Å². The van der Waals surface area contributed by atoms with Crippen molar-refractivity contribution in [3.8, 4) is 5.75 Å². The first-order valence-corrected chi connectivity index (χ1v) is 10.9. The third-order valence-corrected chi connectivity index (χ3v) is 6.57. The molecule has 0 aliphatic carbocycles. The lowest BCUT2D eigenvalue weighted by Crippen LogP contribution is -2.81. The average molecular weight is 439 g/mol. The quantitative estimate of drug-likeness (QED) is 0.725. The predicted molar refractivity (Wildman–Crippen MR) is 115 cm³/mol. The Hall–Kier alpha value is -2.97. The minimum Gasteiger partial charge on any atom is -0.484 e. The monoisotopic (exact) mass is 439 g/mol. The molecule has 32 heavy (non-hydrogen) atoms. The maximum atomic E-state index is 14.3. The predicted octanol–water partition coefficient (Wildman–Crippen LogP) is 1.64. The molecule has 0 radical (unpaired) electrons. The van der Waals surface area contributed by atoms with Crippen LogP contribution in [0.1, 0.15) is 10.4 Å². The Kier molecular flexibility index (Phi) is 5.57. The molecule has 1 atom stereocenters. The second-order valence-corrected chi connectivity index (χ2v) is 8.66. The van der Waals surface area contributed by atoms with E-state index >= 15 is 0 Å². The Morgan fingerprint density at radius 1 is 1.03 bits per heavy atom. The van der Waals surface area contributed by atoms with Gasteiger partial charge in [0.25, 0.3) is 11.8 Å². The van der Waals surface area contributed by atoms with E-state index in [1.807, 2.05) is 30.3 Å². The molecule has 3 fully saturated rings. The molecule has 2 aromatic rings. The summed E-state index contributed by atoms with van der Waals surface area (Å²) >= 11 is 0. The highest BCUT2D eigenvalue weighted by Gasteiger charge is 2.56. The van der Waals surface area contributed by atoms with Gasteiger partial charge in [-0.15, -0.1) is 0 Å². The molecule has 8 heteroatoms. The van der Waals surface area contributed by atoms with Crippen molar-refractivity contribution >= 4 is 11.8 Å². The van der Waals surface area contributed by atoms with Crippen LogP contribution in [0, 0.1) is 5.82 Å². The molecule has 3 aliphatic heterocycles. The van der Waals surface area contributed by atoms with Gasteiger partial charge >= 0.3 is 0 Å². The third-order valence-electron chi connectivity index (χ3n) is 6.57. The number of hydrogen-bond acceptors (Lipinski definition) is 5. The van der Waals surface area contributed by atoms with E-state index in [0.717, 1.165) is 6.54 Å². The Morgan fingerprint density at radius 3 is 2.53 bits per heavy atom. The van der Waals surface area contributed by atoms with E-state index in [0.29, 0.717) is 45.1 Å². The summed E-state index contributed by atoms with van der Waals surface area (Å²) in [6.07, 6.45) is 0. The van der Waals surface area contributed by atoms with Gasteiger partial charge in [0.05, 0.1) is 30.4 Å². The van der Waals surface area contributed by atoms with Crippen LogP contribution in [0.2, 0.25) is 0 Å². The zero-order chi connectivity index (χ0) is 22.1. The zero-order valence-electron chi connectivity index (χ0n) is 17.8. The van der Waals surface area contributed by atoms with E-state index < -0.39 is 5.82 Å². The number of piperazine rings is 1. The molecule has 168 valence electrons. The summed E-state index contributed by atoms with van der Waals surface area (Å²) in [5.41, 5.74) is -0.257. The molecule has 0 bridgehead atoms. The molecule has 2 aromatic carbocycles. The first-order valence-electron chi connectivity index (χ1n) is 10.9. The van der Waals surface area contributed by atoms with Crippen LogP contribution in [0.25, 0.3) is 0 Å². The summed E-state index contributed by atoms with van der Waals surface area (Å²) in [5, 5.41) is 0. The fourth-order valence-electron chi connectivity index (χ4n) is 5.03. The van der Waals surface area contributed by atoms with Crippen molar-refractivity contribution < 1.29 is 23.5 Å². The van der Waals surface area contributed by atoms with Crippen LogP contribution in [-0.2, 0) is 9.53 Å². The molecule has 1 spiro atoms. The molecule has 0 saturated carbocycles. The normalized spacial score (nSPS) is 22.2. The Bertz CT molecular complexity index is 996. The summed E-state index contributed by atoms with van der Waals surface area (Å²) in [7, 11) is 0. The summed E-state index contributed by atoms with van der Waals surface area (Å²) in [6, 6.07) is 15.4. The number of halogens is 1. The van der Waals surface area contributed by atoms with Gasteiger partial charge in [-0.2, -0.15) is 0 Å². The Labute approximate surface area is 186 Å². The summed E-state index contributed by atoms with van der Waals surface area (Å²) < 4.78 is 25.5. The number of carbonyl (C=O) groups is 2. The van der Waals surface area contributed by atoms with Gasteiger partial charge in [0.1, 0.15) is 11.6 Å². The van der Waals surface area contributed by atoms with Crippen LogP contribution in [0.5, 0.6) is 5.75 Å². The molecule has 5 rings (SSSR count). The number of para-hydroxylation sites is 1. The van der Waals surface area contributed by atoms with Crippen LogP contribution < -0.4 is 4.74 Å². The van der Waals surface area contributed by atoms with Gasteiger partial charge in [0.15, 0.2) is 6.61 Å². The van der Waals surface area contributed by atoms with Crippen molar-refractivity contribution in [3.05, 3.63) is 66.0 Å². The number of amides is 2. The van der Waals surface area contributed by atoms with E-state index in [1.54, 1.807) is 21.9 Å². The number of benzene rings is 2. The van der Waals surface area contributed by atoms with Crippen molar-refractivity contribution in [1.29, 1.82) is 0 Å². The first kappa shape index (κ1) is 20.9.